The van der Waals surface area contributed by atoms with E-state index in [2.05, 4.69) is 10.6 Å². The lowest BCUT2D eigenvalue weighted by Gasteiger charge is -2.09. The predicted molar refractivity (Wildman–Crippen MR) is 82.4 cm³/mol. The zero-order valence-electron chi connectivity index (χ0n) is 12.6. The van der Waals surface area contributed by atoms with E-state index in [9.17, 15) is 18.0 Å². The molecule has 8 heteroatoms. The van der Waals surface area contributed by atoms with Crippen LogP contribution in [0, 0.1) is 0 Å². The van der Waals surface area contributed by atoms with Gasteiger partial charge in [0.1, 0.15) is 6.42 Å². The molecule has 0 bridgehead atoms. The summed E-state index contributed by atoms with van der Waals surface area (Å²) in [7, 11) is -3.69. The standard InChI is InChI=1S/C14H21N3O4S/c1-10(2)17-14(19)9-13(18)16-8-7-11-3-5-12(6-4-11)22(15,20)21/h3-6,10H,7-9H2,1-2H3,(H,16,18)(H,17,19)(H2,15,20,21). The molecule has 0 saturated carbocycles. The Bertz CT molecular complexity index is 624. The van der Waals surface area contributed by atoms with Gasteiger partial charge in [-0.1, -0.05) is 12.1 Å². The maximum absolute atomic E-state index is 11.5. The molecule has 1 aromatic carbocycles. The summed E-state index contributed by atoms with van der Waals surface area (Å²) in [4.78, 5) is 23.0. The molecule has 0 aliphatic rings. The lowest BCUT2D eigenvalue weighted by atomic mass is 10.1. The Morgan fingerprint density at radius 1 is 1.14 bits per heavy atom. The van der Waals surface area contributed by atoms with Crippen molar-refractivity contribution in [2.75, 3.05) is 6.54 Å². The van der Waals surface area contributed by atoms with Gasteiger partial charge in [-0.05, 0) is 38.0 Å². The van der Waals surface area contributed by atoms with Crippen molar-refractivity contribution in [1.82, 2.24) is 10.6 Å². The summed E-state index contributed by atoms with van der Waals surface area (Å²) in [6, 6.07) is 6.11. The summed E-state index contributed by atoms with van der Waals surface area (Å²) >= 11 is 0. The SMILES string of the molecule is CC(C)NC(=O)CC(=O)NCCc1ccc(S(N)(=O)=O)cc1. The van der Waals surface area contributed by atoms with Gasteiger partial charge in [0.15, 0.2) is 0 Å². The molecule has 0 heterocycles. The first-order valence-corrected chi connectivity index (χ1v) is 8.41. The Morgan fingerprint density at radius 2 is 1.73 bits per heavy atom. The number of benzene rings is 1. The van der Waals surface area contributed by atoms with Crippen LogP contribution in [-0.4, -0.2) is 32.8 Å². The van der Waals surface area contributed by atoms with Gasteiger partial charge in [-0.2, -0.15) is 0 Å². The molecule has 122 valence electrons. The quantitative estimate of drug-likeness (QED) is 0.606. The van der Waals surface area contributed by atoms with Gasteiger partial charge in [-0.15, -0.1) is 0 Å². The fourth-order valence-corrected chi connectivity index (χ4v) is 2.29. The van der Waals surface area contributed by atoms with Crippen molar-refractivity contribution in [2.45, 2.75) is 37.6 Å². The fraction of sp³-hybridized carbons (Fsp3) is 0.429. The summed E-state index contributed by atoms with van der Waals surface area (Å²) in [5, 5.41) is 10.3. The molecule has 0 fully saturated rings. The molecule has 2 amide bonds. The molecule has 0 unspecified atom stereocenters. The van der Waals surface area contributed by atoms with Gasteiger partial charge in [0.05, 0.1) is 4.90 Å². The van der Waals surface area contributed by atoms with Gasteiger partial charge < -0.3 is 10.6 Å². The highest BCUT2D eigenvalue weighted by atomic mass is 32.2. The second kappa shape index (κ2) is 7.90. The molecule has 4 N–H and O–H groups in total. The number of hydrogen-bond acceptors (Lipinski definition) is 4. The third kappa shape index (κ3) is 6.68. The summed E-state index contributed by atoms with van der Waals surface area (Å²) in [5.74, 6) is -0.663. The van der Waals surface area contributed by atoms with Crippen molar-refractivity contribution in [3.8, 4) is 0 Å². The molecule has 0 aliphatic heterocycles. The summed E-state index contributed by atoms with van der Waals surface area (Å²) < 4.78 is 22.2. The van der Waals surface area contributed by atoms with E-state index in [4.69, 9.17) is 5.14 Å². The number of amides is 2. The molecule has 0 spiro atoms. The molecule has 0 aromatic heterocycles. The first kappa shape index (κ1) is 18.1. The number of primary sulfonamides is 1. The van der Waals surface area contributed by atoms with E-state index in [0.717, 1.165) is 5.56 Å². The number of carbonyl (C=O) groups excluding carboxylic acids is 2. The summed E-state index contributed by atoms with van der Waals surface area (Å²) in [5.41, 5.74) is 0.860. The molecular weight excluding hydrogens is 306 g/mol. The molecule has 0 saturated heterocycles. The number of nitrogens with two attached hydrogens (primary N) is 1. The van der Waals surface area contributed by atoms with Crippen molar-refractivity contribution in [3.63, 3.8) is 0 Å². The van der Waals surface area contributed by atoms with E-state index in [1.807, 2.05) is 13.8 Å². The highest BCUT2D eigenvalue weighted by Gasteiger charge is 2.10. The molecule has 22 heavy (non-hydrogen) atoms. The Morgan fingerprint density at radius 3 is 2.23 bits per heavy atom. The van der Waals surface area contributed by atoms with Crippen molar-refractivity contribution in [3.05, 3.63) is 29.8 Å². The Balaban J connectivity index is 2.38. The van der Waals surface area contributed by atoms with E-state index >= 15 is 0 Å². The minimum atomic E-state index is -3.69. The Hall–Kier alpha value is -1.93. The first-order chi connectivity index (χ1) is 10.2. The monoisotopic (exact) mass is 327 g/mol. The van der Waals surface area contributed by atoms with Gasteiger partial charge >= 0.3 is 0 Å². The predicted octanol–water partition coefficient (Wildman–Crippen LogP) is -0.0926. The molecule has 0 atom stereocenters. The van der Waals surface area contributed by atoms with Crippen LogP contribution < -0.4 is 15.8 Å². The average molecular weight is 327 g/mol. The number of sulfonamides is 1. The minimum Gasteiger partial charge on any atom is -0.355 e. The molecule has 1 rings (SSSR count). The number of nitrogens with one attached hydrogen (secondary N) is 2. The van der Waals surface area contributed by atoms with E-state index in [-0.39, 0.29) is 29.2 Å². The highest BCUT2D eigenvalue weighted by molar-refractivity contribution is 7.89. The first-order valence-electron chi connectivity index (χ1n) is 6.86. The summed E-state index contributed by atoms with van der Waals surface area (Å²) in [6.45, 7) is 4.00. The van der Waals surface area contributed by atoms with Crippen molar-refractivity contribution in [2.24, 2.45) is 5.14 Å². The average Bonchev–Trinajstić information content (AvgIpc) is 2.37. The smallest absolute Gasteiger partial charge is 0.238 e. The van der Waals surface area contributed by atoms with Gasteiger partial charge in [0.25, 0.3) is 0 Å². The van der Waals surface area contributed by atoms with Gasteiger partial charge in [-0.3, -0.25) is 9.59 Å². The molecule has 1 aromatic rings. The normalized spacial score (nSPS) is 11.3. The van der Waals surface area contributed by atoms with Gasteiger partial charge in [0, 0.05) is 12.6 Å². The van der Waals surface area contributed by atoms with Crippen LogP contribution >= 0.6 is 0 Å². The molecule has 0 radical (unpaired) electrons. The third-order valence-corrected chi connectivity index (χ3v) is 3.69. The van der Waals surface area contributed by atoms with E-state index in [1.54, 1.807) is 12.1 Å². The van der Waals surface area contributed by atoms with Gasteiger partial charge in [0.2, 0.25) is 21.8 Å². The summed E-state index contributed by atoms with van der Waals surface area (Å²) in [6.07, 6.45) is 0.324. The van der Waals surface area contributed by atoms with E-state index < -0.39 is 10.0 Å². The third-order valence-electron chi connectivity index (χ3n) is 2.76. The Labute approximate surface area is 130 Å². The van der Waals surface area contributed by atoms with Gasteiger partial charge in [-0.25, -0.2) is 13.6 Å². The van der Waals surface area contributed by atoms with Crippen LogP contribution in [0.3, 0.4) is 0 Å². The molecule has 0 aliphatic carbocycles. The minimum absolute atomic E-state index is 0.00219. The molecular formula is C14H21N3O4S. The van der Waals surface area contributed by atoms with Crippen LogP contribution in [0.15, 0.2) is 29.2 Å². The van der Waals surface area contributed by atoms with Crippen molar-refractivity contribution >= 4 is 21.8 Å². The largest absolute Gasteiger partial charge is 0.355 e. The zero-order chi connectivity index (χ0) is 16.8. The van der Waals surface area contributed by atoms with Crippen LogP contribution in [-0.2, 0) is 26.0 Å². The topological polar surface area (TPSA) is 118 Å². The van der Waals surface area contributed by atoms with Crippen LogP contribution in [0.25, 0.3) is 0 Å². The lowest BCUT2D eigenvalue weighted by Crippen LogP contribution is -2.35. The van der Waals surface area contributed by atoms with E-state index in [0.29, 0.717) is 13.0 Å². The lowest BCUT2D eigenvalue weighted by molar-refractivity contribution is -0.129. The number of carbonyl (C=O) groups is 2. The van der Waals surface area contributed by atoms with Crippen LogP contribution in [0.4, 0.5) is 0 Å². The zero-order valence-corrected chi connectivity index (χ0v) is 13.4. The van der Waals surface area contributed by atoms with Crippen LogP contribution in [0.5, 0.6) is 0 Å². The maximum atomic E-state index is 11.5. The van der Waals surface area contributed by atoms with Crippen molar-refractivity contribution < 1.29 is 18.0 Å². The van der Waals surface area contributed by atoms with Crippen LogP contribution in [0.1, 0.15) is 25.8 Å². The number of hydrogen-bond donors (Lipinski definition) is 3. The molecule has 7 nitrogen and oxygen atoms in total. The van der Waals surface area contributed by atoms with E-state index in [1.165, 1.54) is 12.1 Å². The number of rotatable bonds is 7. The van der Waals surface area contributed by atoms with Crippen LogP contribution in [0.2, 0.25) is 0 Å². The maximum Gasteiger partial charge on any atom is 0.238 e. The Kier molecular flexibility index (Phi) is 6.51. The second-order valence-electron chi connectivity index (χ2n) is 5.19. The van der Waals surface area contributed by atoms with Crippen molar-refractivity contribution in [1.29, 1.82) is 0 Å². The fourth-order valence-electron chi connectivity index (χ4n) is 1.77. The second-order valence-corrected chi connectivity index (χ2v) is 6.75. The highest BCUT2D eigenvalue weighted by Crippen LogP contribution is 2.08.